The lowest BCUT2D eigenvalue weighted by molar-refractivity contribution is -0.123. The predicted molar refractivity (Wildman–Crippen MR) is 89.3 cm³/mol. The highest BCUT2D eigenvalue weighted by Gasteiger charge is 2.21. The molecule has 2 aromatic heterocycles. The maximum absolute atomic E-state index is 13.6. The Bertz CT molecular complexity index is 851. The first-order chi connectivity index (χ1) is 12.1. The molecule has 3 rings (SSSR count). The van der Waals surface area contributed by atoms with Crippen LogP contribution < -0.4 is 10.1 Å². The number of rotatable bonds is 6. The van der Waals surface area contributed by atoms with Gasteiger partial charge in [-0.2, -0.15) is 0 Å². The summed E-state index contributed by atoms with van der Waals surface area (Å²) in [6.07, 6.45) is 6.53. The molecule has 6 nitrogen and oxygen atoms in total. The van der Waals surface area contributed by atoms with Crippen molar-refractivity contribution in [2.45, 2.75) is 6.04 Å². The molecule has 0 radical (unpaired) electrons. The lowest BCUT2D eigenvalue weighted by Crippen LogP contribution is -2.34. The van der Waals surface area contributed by atoms with Gasteiger partial charge in [-0.25, -0.2) is 9.37 Å². The molecule has 0 fully saturated rings. The summed E-state index contributed by atoms with van der Waals surface area (Å²) in [6.45, 7) is -0.179. The number of pyridine rings is 1. The van der Waals surface area contributed by atoms with Crippen LogP contribution in [0.1, 0.15) is 17.4 Å². The molecule has 0 spiro atoms. The minimum Gasteiger partial charge on any atom is -0.482 e. The van der Waals surface area contributed by atoms with Gasteiger partial charge in [0.25, 0.3) is 5.91 Å². The first-order valence-corrected chi connectivity index (χ1v) is 7.68. The van der Waals surface area contributed by atoms with Crippen LogP contribution in [0.25, 0.3) is 0 Å². The number of hydrogen-bond acceptors (Lipinski definition) is 4. The molecule has 128 valence electrons. The Morgan fingerprint density at radius 1 is 1.32 bits per heavy atom. The zero-order valence-corrected chi connectivity index (χ0v) is 13.6. The summed E-state index contributed by atoms with van der Waals surface area (Å²) in [6, 6.07) is 8.91. The second-order valence-electron chi connectivity index (χ2n) is 5.43. The molecule has 1 N–H and O–H groups in total. The molecule has 0 aliphatic rings. The van der Waals surface area contributed by atoms with Crippen LogP contribution in [0, 0.1) is 5.82 Å². The fraction of sp³-hybridized carbons (Fsp3) is 0.167. The molecular weight excluding hydrogens is 323 g/mol. The van der Waals surface area contributed by atoms with Gasteiger partial charge in [0.1, 0.15) is 23.4 Å². The molecule has 1 amide bonds. The van der Waals surface area contributed by atoms with Crippen LogP contribution in [0.4, 0.5) is 4.39 Å². The Morgan fingerprint density at radius 2 is 2.20 bits per heavy atom. The number of imidazole rings is 1. The Kier molecular flexibility index (Phi) is 5.03. The van der Waals surface area contributed by atoms with Gasteiger partial charge in [-0.3, -0.25) is 9.78 Å². The van der Waals surface area contributed by atoms with E-state index in [-0.39, 0.29) is 18.3 Å². The quantitative estimate of drug-likeness (QED) is 0.747. The number of amides is 1. The van der Waals surface area contributed by atoms with E-state index in [9.17, 15) is 9.18 Å². The Balaban J connectivity index is 1.76. The number of ether oxygens (including phenoxy) is 1. The van der Waals surface area contributed by atoms with E-state index in [0.29, 0.717) is 17.1 Å². The van der Waals surface area contributed by atoms with Gasteiger partial charge in [0.2, 0.25) is 0 Å². The van der Waals surface area contributed by atoms with Gasteiger partial charge in [-0.1, -0.05) is 12.1 Å². The fourth-order valence-corrected chi connectivity index (χ4v) is 2.42. The van der Waals surface area contributed by atoms with E-state index in [4.69, 9.17) is 4.74 Å². The summed E-state index contributed by atoms with van der Waals surface area (Å²) in [4.78, 5) is 20.5. The first kappa shape index (κ1) is 16.6. The predicted octanol–water partition coefficient (Wildman–Crippen LogP) is 2.24. The van der Waals surface area contributed by atoms with Gasteiger partial charge >= 0.3 is 0 Å². The molecule has 0 aliphatic heterocycles. The number of carbonyl (C=O) groups excluding carboxylic acids is 1. The molecule has 2 heterocycles. The average Bonchev–Trinajstić information content (AvgIpc) is 3.04. The second kappa shape index (κ2) is 7.57. The summed E-state index contributed by atoms with van der Waals surface area (Å²) in [5.74, 6) is 0.371. The molecule has 0 unspecified atom stereocenters. The topological polar surface area (TPSA) is 69.0 Å². The molecule has 7 heteroatoms. The maximum Gasteiger partial charge on any atom is 0.258 e. The van der Waals surface area contributed by atoms with Crippen molar-refractivity contribution >= 4 is 5.91 Å². The van der Waals surface area contributed by atoms with E-state index in [0.717, 1.165) is 0 Å². The van der Waals surface area contributed by atoms with Gasteiger partial charge in [-0.05, 0) is 29.8 Å². The van der Waals surface area contributed by atoms with Crippen LogP contribution in [0.5, 0.6) is 5.75 Å². The third-order valence-electron chi connectivity index (χ3n) is 3.61. The van der Waals surface area contributed by atoms with Crippen LogP contribution in [-0.4, -0.2) is 27.0 Å². The molecule has 0 saturated heterocycles. The normalized spacial score (nSPS) is 11.8. The number of aromatic nitrogens is 3. The highest BCUT2D eigenvalue weighted by Crippen LogP contribution is 2.21. The highest BCUT2D eigenvalue weighted by atomic mass is 19.1. The van der Waals surface area contributed by atoms with Crippen LogP contribution >= 0.6 is 0 Å². The van der Waals surface area contributed by atoms with Crippen LogP contribution in [-0.2, 0) is 11.8 Å². The number of aryl methyl sites for hydroxylation is 1. The van der Waals surface area contributed by atoms with Crippen molar-refractivity contribution in [2.24, 2.45) is 7.05 Å². The number of nitrogens with zero attached hydrogens (tertiary/aromatic N) is 3. The fourth-order valence-electron chi connectivity index (χ4n) is 2.42. The summed E-state index contributed by atoms with van der Waals surface area (Å²) >= 11 is 0. The van der Waals surface area contributed by atoms with Gasteiger partial charge < -0.3 is 14.6 Å². The number of carbonyl (C=O) groups is 1. The smallest absolute Gasteiger partial charge is 0.258 e. The van der Waals surface area contributed by atoms with Crippen LogP contribution in [0.15, 0.2) is 61.2 Å². The second-order valence-corrected chi connectivity index (χ2v) is 5.43. The van der Waals surface area contributed by atoms with E-state index in [1.54, 1.807) is 47.4 Å². The summed E-state index contributed by atoms with van der Waals surface area (Å²) in [5.41, 5.74) is 0.601. The van der Waals surface area contributed by atoms with Crippen molar-refractivity contribution in [3.05, 3.63) is 78.4 Å². The molecule has 0 bridgehead atoms. The minimum atomic E-state index is -0.583. The van der Waals surface area contributed by atoms with E-state index >= 15 is 0 Å². The number of hydrogen-bond donors (Lipinski definition) is 1. The largest absolute Gasteiger partial charge is 0.482 e. The molecule has 1 atom stereocenters. The van der Waals surface area contributed by atoms with Gasteiger partial charge in [0.15, 0.2) is 6.61 Å². The van der Waals surface area contributed by atoms with Crippen molar-refractivity contribution in [1.82, 2.24) is 19.9 Å². The van der Waals surface area contributed by atoms with E-state index in [1.807, 2.05) is 7.05 Å². The Morgan fingerprint density at radius 3 is 2.88 bits per heavy atom. The molecule has 1 aromatic carbocycles. The maximum atomic E-state index is 13.6. The number of benzene rings is 1. The Hall–Kier alpha value is -3.22. The van der Waals surface area contributed by atoms with Gasteiger partial charge in [-0.15, -0.1) is 0 Å². The van der Waals surface area contributed by atoms with Crippen molar-refractivity contribution in [1.29, 1.82) is 0 Å². The highest BCUT2D eigenvalue weighted by molar-refractivity contribution is 5.78. The minimum absolute atomic E-state index is 0.179. The summed E-state index contributed by atoms with van der Waals surface area (Å²) in [7, 11) is 1.81. The molecule has 3 aromatic rings. The van der Waals surface area contributed by atoms with Crippen LogP contribution in [0.2, 0.25) is 0 Å². The molecule has 25 heavy (non-hydrogen) atoms. The third kappa shape index (κ3) is 4.20. The lowest BCUT2D eigenvalue weighted by atomic mass is 10.1. The first-order valence-electron chi connectivity index (χ1n) is 7.68. The van der Waals surface area contributed by atoms with E-state index < -0.39 is 6.04 Å². The summed E-state index contributed by atoms with van der Waals surface area (Å²) < 4.78 is 20.8. The zero-order chi connectivity index (χ0) is 17.6. The van der Waals surface area contributed by atoms with Gasteiger partial charge in [0, 0.05) is 25.6 Å². The number of halogens is 1. The zero-order valence-electron chi connectivity index (χ0n) is 13.6. The number of nitrogens with one attached hydrogen (secondary N) is 1. The van der Waals surface area contributed by atoms with E-state index in [1.165, 1.54) is 18.3 Å². The standard InChI is InChI=1S/C18H17FN4O2/c1-23-9-8-21-18(23)17(13-4-2-5-14(19)10-13)22-16(24)12-25-15-6-3-7-20-11-15/h2-11,17H,12H2,1H3,(H,22,24)/t17-/m1/s1. The summed E-state index contributed by atoms with van der Waals surface area (Å²) in [5, 5.41) is 2.84. The monoisotopic (exact) mass is 340 g/mol. The van der Waals surface area contributed by atoms with Crippen molar-refractivity contribution in [3.8, 4) is 5.75 Å². The molecule has 0 aliphatic carbocycles. The van der Waals surface area contributed by atoms with Gasteiger partial charge in [0.05, 0.1) is 6.20 Å². The lowest BCUT2D eigenvalue weighted by Gasteiger charge is -2.19. The van der Waals surface area contributed by atoms with Crippen molar-refractivity contribution in [3.63, 3.8) is 0 Å². The SMILES string of the molecule is Cn1ccnc1[C@H](NC(=O)COc1cccnc1)c1cccc(F)c1. The third-order valence-corrected chi connectivity index (χ3v) is 3.61. The molecular formula is C18H17FN4O2. The Labute approximate surface area is 144 Å². The van der Waals surface area contributed by atoms with E-state index in [2.05, 4.69) is 15.3 Å². The van der Waals surface area contributed by atoms with Crippen molar-refractivity contribution < 1.29 is 13.9 Å². The molecule has 0 saturated carbocycles. The average molecular weight is 340 g/mol. The van der Waals surface area contributed by atoms with Crippen molar-refractivity contribution in [2.75, 3.05) is 6.61 Å². The van der Waals surface area contributed by atoms with Crippen LogP contribution in [0.3, 0.4) is 0 Å².